The second-order valence-corrected chi connectivity index (χ2v) is 17.4. The maximum Gasteiger partial charge on any atom is 0.575 e. The Morgan fingerprint density at radius 2 is 0.617 bits per heavy atom. The van der Waals surface area contributed by atoms with E-state index in [0.29, 0.717) is 5.52 Å². The van der Waals surface area contributed by atoms with Gasteiger partial charge in [-0.15, -0.1) is 13.2 Å². The molecular formula is C50H25BF27NO2. The van der Waals surface area contributed by atoms with Gasteiger partial charge in [-0.3, -0.25) is 0 Å². The predicted octanol–water partition coefficient (Wildman–Crippen LogP) is 15.1. The SMILES string of the molecule is FC(F)(F)c1cc([B-](c2cc(C(F)(F)F)cc(C(F)(F)F)c2)(c2cc(C(F)(F)F)cc(C(F)(F)F)c2)c2cc(C(F)(F)F)cc(C(F)(F)F)c2)cc(C(F)(F)F)c1.O=C(OC(F)(F)F)c1ccc2ccccc2[n+]1Cc1ccccc1. The molecule has 0 saturated heterocycles. The highest BCUT2D eigenvalue weighted by Gasteiger charge is 2.47. The van der Waals surface area contributed by atoms with Crippen LogP contribution in [0.15, 0.2) is 140 Å². The third kappa shape index (κ3) is 14.5. The van der Waals surface area contributed by atoms with Gasteiger partial charge in [-0.25, -0.2) is 4.79 Å². The van der Waals surface area contributed by atoms with Crippen molar-refractivity contribution in [2.24, 2.45) is 0 Å². The topological polar surface area (TPSA) is 30.2 Å². The van der Waals surface area contributed by atoms with Gasteiger partial charge in [0.25, 0.3) is 5.69 Å². The lowest BCUT2D eigenvalue weighted by Gasteiger charge is -2.46. The van der Waals surface area contributed by atoms with E-state index < -0.39 is 207 Å². The van der Waals surface area contributed by atoms with Gasteiger partial charge in [-0.1, -0.05) is 91.0 Å². The largest absolute Gasteiger partial charge is 0.575 e. The standard InChI is InChI=1S/C32H12BF24.C18H13F3NO2/c34-25(35,36)13-1-14(26(37,38)39)6-21(5-13)33(22-7-15(27(40,41)42)2-16(8-22)28(43,44)45,23-9-17(29(46,47)48)3-18(10-23)30(49,50)51)24-11-19(31(52,53)54)4-20(12-24)32(55,56)57;19-18(20,21)24-17(23)16-11-10-14-8-4-5-9-15(14)22(16)12-13-6-2-1-3-7-13/h1-12H;1-11H,12H2/q-1;+1. The molecule has 7 rings (SSSR count). The lowest BCUT2D eigenvalue weighted by molar-refractivity contribution is -0.665. The van der Waals surface area contributed by atoms with Crippen LogP contribution in [0.5, 0.6) is 0 Å². The zero-order chi connectivity index (χ0) is 61.1. The maximum absolute atomic E-state index is 14.2. The molecule has 0 fully saturated rings. The molecule has 434 valence electrons. The molecule has 0 N–H and O–H groups in total. The Hall–Kier alpha value is -7.63. The Kier molecular flexibility index (Phi) is 16.5. The number of benzene rings is 6. The minimum atomic E-state index is -6.13. The molecule has 0 radical (unpaired) electrons. The minimum Gasteiger partial charge on any atom is -0.365 e. The molecule has 0 amide bonds. The van der Waals surface area contributed by atoms with Crippen LogP contribution in [0.25, 0.3) is 10.9 Å². The summed E-state index contributed by atoms with van der Waals surface area (Å²) in [5, 5.41) is 0.817. The summed E-state index contributed by atoms with van der Waals surface area (Å²) in [6.07, 6.45) is -59.8. The van der Waals surface area contributed by atoms with Gasteiger partial charge in [0.15, 0.2) is 6.54 Å². The fourth-order valence-corrected chi connectivity index (χ4v) is 8.61. The molecule has 0 aliphatic rings. The molecule has 31 heteroatoms. The minimum absolute atomic E-state index is 0.158. The van der Waals surface area contributed by atoms with Crippen molar-refractivity contribution in [3.63, 3.8) is 0 Å². The number of carbonyl (C=O) groups excluding carboxylic acids is 1. The van der Waals surface area contributed by atoms with Crippen LogP contribution in [0.4, 0.5) is 119 Å². The summed E-state index contributed by atoms with van der Waals surface area (Å²) in [7, 11) is 0. The summed E-state index contributed by atoms with van der Waals surface area (Å²) in [6, 6.07) is 10.5. The van der Waals surface area contributed by atoms with Gasteiger partial charge < -0.3 is 4.74 Å². The van der Waals surface area contributed by atoms with Crippen LogP contribution in [-0.2, 0) is 60.7 Å². The van der Waals surface area contributed by atoms with Crippen LogP contribution in [0.2, 0.25) is 0 Å². The van der Waals surface area contributed by atoms with Gasteiger partial charge in [0.1, 0.15) is 6.15 Å². The highest BCUT2D eigenvalue weighted by atomic mass is 19.4. The average Bonchev–Trinajstić information content (AvgIpc) is 3.04. The van der Waals surface area contributed by atoms with E-state index in [0.717, 1.165) is 10.9 Å². The first-order valence-electron chi connectivity index (χ1n) is 21.8. The Bertz CT molecular complexity index is 3000. The molecule has 6 aromatic carbocycles. The summed E-state index contributed by atoms with van der Waals surface area (Å²) < 4.78 is 383. The number of fused-ring (bicyclic) bond motifs is 1. The van der Waals surface area contributed by atoms with Crippen molar-refractivity contribution >= 4 is 44.9 Å². The van der Waals surface area contributed by atoms with Crippen LogP contribution in [0.3, 0.4) is 0 Å². The van der Waals surface area contributed by atoms with Crippen LogP contribution < -0.4 is 26.4 Å². The normalized spacial score (nSPS) is 13.5. The quantitative estimate of drug-likeness (QED) is 0.0689. The lowest BCUT2D eigenvalue weighted by Crippen LogP contribution is -2.75. The highest BCUT2D eigenvalue weighted by molar-refractivity contribution is 7.20. The average molecular weight is 1200 g/mol. The Morgan fingerprint density at radius 3 is 0.889 bits per heavy atom. The number of aromatic nitrogens is 1. The molecular weight excluding hydrogens is 1170 g/mol. The second kappa shape index (κ2) is 21.4. The number of carbonyl (C=O) groups is 1. The van der Waals surface area contributed by atoms with Gasteiger partial charge in [0.2, 0.25) is 5.52 Å². The van der Waals surface area contributed by atoms with Gasteiger partial charge in [0, 0.05) is 23.1 Å². The van der Waals surface area contributed by atoms with E-state index in [2.05, 4.69) is 4.74 Å². The van der Waals surface area contributed by atoms with E-state index in [9.17, 15) is 123 Å². The van der Waals surface area contributed by atoms with Crippen molar-refractivity contribution < 1.29 is 133 Å². The van der Waals surface area contributed by atoms with Gasteiger partial charge in [-0.2, -0.15) is 132 Å². The number of hydrogen-bond acceptors (Lipinski definition) is 2. The summed E-state index contributed by atoms with van der Waals surface area (Å²) in [5.74, 6) is -1.43. The summed E-state index contributed by atoms with van der Waals surface area (Å²) in [6.45, 7) is 0.254. The van der Waals surface area contributed by atoms with E-state index in [4.69, 9.17) is 0 Å². The Labute approximate surface area is 434 Å². The summed E-state index contributed by atoms with van der Waals surface area (Å²) in [5.41, 5.74) is -28.9. The Balaban J connectivity index is 0.000000363. The van der Waals surface area contributed by atoms with Crippen LogP contribution in [-0.4, -0.2) is 18.5 Å². The number of para-hydroxylation sites is 1. The molecule has 1 aromatic heterocycles. The molecule has 0 aliphatic carbocycles. The summed E-state index contributed by atoms with van der Waals surface area (Å²) in [4.78, 5) is 12.0. The number of esters is 1. The van der Waals surface area contributed by atoms with E-state index in [1.807, 2.05) is 42.5 Å². The highest BCUT2D eigenvalue weighted by Crippen LogP contribution is 2.41. The summed E-state index contributed by atoms with van der Waals surface area (Å²) >= 11 is 0. The zero-order valence-electron chi connectivity index (χ0n) is 39.0. The number of rotatable bonds is 7. The molecule has 0 bridgehead atoms. The van der Waals surface area contributed by atoms with Crippen molar-refractivity contribution in [1.29, 1.82) is 0 Å². The first-order valence-corrected chi connectivity index (χ1v) is 21.8. The van der Waals surface area contributed by atoms with Gasteiger partial charge >= 0.3 is 61.7 Å². The fraction of sp³-hybridized carbons (Fsp3) is 0.200. The third-order valence-corrected chi connectivity index (χ3v) is 12.0. The molecule has 3 nitrogen and oxygen atoms in total. The number of pyridine rings is 1. The van der Waals surface area contributed by atoms with E-state index in [1.54, 1.807) is 18.2 Å². The monoisotopic (exact) mass is 1200 g/mol. The van der Waals surface area contributed by atoms with Crippen molar-refractivity contribution in [3.8, 4) is 0 Å². The molecule has 0 spiro atoms. The number of halogens is 27. The van der Waals surface area contributed by atoms with Crippen LogP contribution >= 0.6 is 0 Å². The number of ether oxygens (including phenoxy) is 1. The van der Waals surface area contributed by atoms with Crippen molar-refractivity contribution in [3.05, 3.63) is 195 Å². The molecule has 0 unspecified atom stereocenters. The van der Waals surface area contributed by atoms with E-state index >= 15 is 0 Å². The maximum atomic E-state index is 14.2. The van der Waals surface area contributed by atoms with E-state index in [-0.39, 0.29) is 12.2 Å². The molecule has 81 heavy (non-hydrogen) atoms. The molecule has 0 saturated carbocycles. The second-order valence-electron chi connectivity index (χ2n) is 17.4. The number of nitrogens with zero attached hydrogens (tertiary/aromatic N) is 1. The van der Waals surface area contributed by atoms with Crippen molar-refractivity contribution in [2.75, 3.05) is 0 Å². The molecule has 7 aromatic rings. The van der Waals surface area contributed by atoms with Gasteiger partial charge in [-0.05, 0) is 36.4 Å². The van der Waals surface area contributed by atoms with Crippen LogP contribution in [0.1, 0.15) is 60.6 Å². The fourth-order valence-electron chi connectivity index (χ4n) is 8.61. The first-order chi connectivity index (χ1) is 36.7. The lowest BCUT2D eigenvalue weighted by atomic mass is 9.12. The number of hydrogen-bond donors (Lipinski definition) is 0. The van der Waals surface area contributed by atoms with E-state index in [1.165, 1.54) is 10.6 Å². The number of alkyl halides is 27. The van der Waals surface area contributed by atoms with Crippen molar-refractivity contribution in [2.45, 2.75) is 62.3 Å². The predicted molar refractivity (Wildman–Crippen MR) is 231 cm³/mol. The zero-order valence-corrected chi connectivity index (χ0v) is 39.0. The smallest absolute Gasteiger partial charge is 0.365 e. The molecule has 1 heterocycles. The Morgan fingerprint density at radius 1 is 0.346 bits per heavy atom. The molecule has 0 aliphatic heterocycles. The molecule has 0 atom stereocenters. The van der Waals surface area contributed by atoms with Crippen LogP contribution in [0, 0.1) is 0 Å². The van der Waals surface area contributed by atoms with Crippen molar-refractivity contribution in [1.82, 2.24) is 0 Å². The van der Waals surface area contributed by atoms with Gasteiger partial charge in [0.05, 0.1) is 44.5 Å². The first kappa shape index (κ1) is 62.6. The third-order valence-electron chi connectivity index (χ3n) is 12.0.